The number of hydrogen-bond acceptors (Lipinski definition) is 5. The minimum Gasteiger partial charge on any atom is -0.393 e. The molecule has 0 spiro atoms. The lowest BCUT2D eigenvalue weighted by Gasteiger charge is -2.21. The number of rotatable bonds is 4. The molecule has 0 atom stereocenters. The lowest BCUT2D eigenvalue weighted by atomic mass is 10.4. The molecule has 1 amide bonds. The van der Waals surface area contributed by atoms with Crippen LogP contribution in [0.5, 0.6) is 0 Å². The van der Waals surface area contributed by atoms with E-state index in [0.29, 0.717) is 12.4 Å². The van der Waals surface area contributed by atoms with Crippen LogP contribution in [0.15, 0.2) is 6.33 Å². The molecule has 7 heteroatoms. The van der Waals surface area contributed by atoms with Crippen molar-refractivity contribution in [1.82, 2.24) is 9.97 Å². The van der Waals surface area contributed by atoms with Crippen LogP contribution in [0.3, 0.4) is 0 Å². The molecule has 0 aliphatic carbocycles. The Bertz CT molecular complexity index is 370. The largest absolute Gasteiger partial charge is 0.393 e. The molecular weight excluding hydrogens is 218 g/mol. The summed E-state index contributed by atoms with van der Waals surface area (Å²) in [5, 5.41) is 0.169. The van der Waals surface area contributed by atoms with Crippen molar-refractivity contribution >= 4 is 29.0 Å². The summed E-state index contributed by atoms with van der Waals surface area (Å²) >= 11 is 5.73. The maximum Gasteiger partial charge on any atom is 0.236 e. The number of carbonyl (C=O) groups excluding carboxylic acids is 1. The molecule has 15 heavy (non-hydrogen) atoms. The van der Waals surface area contributed by atoms with Crippen LogP contribution in [0.1, 0.15) is 6.92 Å². The first-order valence-corrected chi connectivity index (χ1v) is 4.73. The van der Waals surface area contributed by atoms with E-state index < -0.39 is 5.91 Å². The quantitative estimate of drug-likeness (QED) is 0.710. The van der Waals surface area contributed by atoms with Gasteiger partial charge in [0.05, 0.1) is 6.54 Å². The van der Waals surface area contributed by atoms with Gasteiger partial charge < -0.3 is 16.4 Å². The van der Waals surface area contributed by atoms with Crippen LogP contribution >= 0.6 is 11.6 Å². The number of primary amides is 1. The molecule has 0 unspecified atom stereocenters. The molecule has 0 aliphatic heterocycles. The molecule has 0 aliphatic rings. The Morgan fingerprint density at radius 2 is 2.27 bits per heavy atom. The van der Waals surface area contributed by atoms with Gasteiger partial charge in [0.2, 0.25) is 5.91 Å². The third-order valence-corrected chi connectivity index (χ3v) is 2.14. The van der Waals surface area contributed by atoms with E-state index >= 15 is 0 Å². The molecule has 0 aromatic carbocycles. The number of nitrogen functional groups attached to an aromatic ring is 1. The van der Waals surface area contributed by atoms with Gasteiger partial charge in [0.25, 0.3) is 0 Å². The van der Waals surface area contributed by atoms with Crippen LogP contribution < -0.4 is 16.4 Å². The normalized spacial score (nSPS) is 10.0. The molecule has 0 fully saturated rings. The second-order valence-corrected chi connectivity index (χ2v) is 3.24. The van der Waals surface area contributed by atoms with Crippen LogP contribution in [0, 0.1) is 0 Å². The zero-order valence-corrected chi connectivity index (χ0v) is 9.03. The lowest BCUT2D eigenvalue weighted by Crippen LogP contribution is -2.34. The standard InChI is InChI=1S/C8H12ClN5O/c1-2-14(3-5(10)15)8-6(11)7(9)12-4-13-8/h4H,2-3,11H2,1H3,(H2,10,15). The van der Waals surface area contributed by atoms with Crippen LogP contribution in [-0.4, -0.2) is 29.0 Å². The van der Waals surface area contributed by atoms with Gasteiger partial charge >= 0.3 is 0 Å². The molecule has 1 aromatic heterocycles. The average Bonchev–Trinajstić information content (AvgIpc) is 2.19. The van der Waals surface area contributed by atoms with Crippen molar-refractivity contribution in [1.29, 1.82) is 0 Å². The van der Waals surface area contributed by atoms with Gasteiger partial charge in [-0.1, -0.05) is 11.6 Å². The molecule has 1 aromatic rings. The Morgan fingerprint density at radius 1 is 1.60 bits per heavy atom. The Labute approximate surface area is 92.2 Å². The predicted octanol–water partition coefficient (Wildman–Crippen LogP) is 0.0238. The van der Waals surface area contributed by atoms with Gasteiger partial charge in [0.15, 0.2) is 11.0 Å². The van der Waals surface area contributed by atoms with Crippen molar-refractivity contribution in [2.24, 2.45) is 5.73 Å². The Kier molecular flexibility index (Phi) is 3.68. The smallest absolute Gasteiger partial charge is 0.236 e. The van der Waals surface area contributed by atoms with E-state index in [4.69, 9.17) is 23.1 Å². The summed E-state index contributed by atoms with van der Waals surface area (Å²) in [6.07, 6.45) is 1.29. The van der Waals surface area contributed by atoms with Crippen LogP contribution in [0.2, 0.25) is 5.15 Å². The van der Waals surface area contributed by atoms with Crippen molar-refractivity contribution in [2.45, 2.75) is 6.92 Å². The molecule has 0 saturated heterocycles. The fourth-order valence-electron chi connectivity index (χ4n) is 1.14. The summed E-state index contributed by atoms with van der Waals surface area (Å²) in [5.41, 5.74) is 11.0. The molecule has 1 heterocycles. The first-order chi connectivity index (χ1) is 7.06. The summed E-state index contributed by atoms with van der Waals surface area (Å²) < 4.78 is 0. The van der Waals surface area contributed by atoms with Gasteiger partial charge in [-0.25, -0.2) is 9.97 Å². The average molecular weight is 230 g/mol. The summed E-state index contributed by atoms with van der Waals surface area (Å²) in [5.74, 6) is -0.0257. The van der Waals surface area contributed by atoms with Gasteiger partial charge in [-0.2, -0.15) is 0 Å². The Hall–Kier alpha value is -1.56. The molecule has 6 nitrogen and oxygen atoms in total. The van der Waals surface area contributed by atoms with Crippen LogP contribution in [0.4, 0.5) is 11.5 Å². The molecule has 0 bridgehead atoms. The second kappa shape index (κ2) is 4.79. The van der Waals surface area contributed by atoms with Gasteiger partial charge in [-0.3, -0.25) is 4.79 Å². The fraction of sp³-hybridized carbons (Fsp3) is 0.375. The van der Waals surface area contributed by atoms with E-state index in [-0.39, 0.29) is 17.4 Å². The number of amides is 1. The van der Waals surface area contributed by atoms with Crippen molar-refractivity contribution in [3.05, 3.63) is 11.5 Å². The van der Waals surface area contributed by atoms with Crippen molar-refractivity contribution in [3.8, 4) is 0 Å². The predicted molar refractivity (Wildman–Crippen MR) is 58.5 cm³/mol. The number of aromatic nitrogens is 2. The van der Waals surface area contributed by atoms with E-state index in [1.807, 2.05) is 6.92 Å². The lowest BCUT2D eigenvalue weighted by molar-refractivity contribution is -0.116. The number of nitrogens with two attached hydrogens (primary N) is 2. The first-order valence-electron chi connectivity index (χ1n) is 4.35. The van der Waals surface area contributed by atoms with E-state index in [1.165, 1.54) is 6.33 Å². The molecular formula is C8H12ClN5O. The van der Waals surface area contributed by atoms with Gasteiger partial charge in [0, 0.05) is 6.54 Å². The van der Waals surface area contributed by atoms with Gasteiger partial charge in [-0.05, 0) is 6.92 Å². The van der Waals surface area contributed by atoms with Crippen molar-refractivity contribution in [2.75, 3.05) is 23.7 Å². The van der Waals surface area contributed by atoms with Crippen molar-refractivity contribution < 1.29 is 4.79 Å². The Morgan fingerprint density at radius 3 is 2.80 bits per heavy atom. The van der Waals surface area contributed by atoms with Gasteiger partial charge in [-0.15, -0.1) is 0 Å². The first kappa shape index (κ1) is 11.5. The second-order valence-electron chi connectivity index (χ2n) is 2.88. The number of anilines is 2. The molecule has 0 radical (unpaired) electrons. The highest BCUT2D eigenvalue weighted by Crippen LogP contribution is 2.25. The molecule has 1 rings (SSSR count). The Balaban J connectivity index is 3.01. The van der Waals surface area contributed by atoms with E-state index in [9.17, 15) is 4.79 Å². The highest BCUT2D eigenvalue weighted by molar-refractivity contribution is 6.32. The summed E-state index contributed by atoms with van der Waals surface area (Å²) in [7, 11) is 0. The SMILES string of the molecule is CCN(CC(N)=O)c1ncnc(Cl)c1N. The number of carbonyl (C=O) groups is 1. The monoisotopic (exact) mass is 229 g/mol. The van der Waals surface area contributed by atoms with E-state index in [1.54, 1.807) is 4.90 Å². The zero-order valence-electron chi connectivity index (χ0n) is 8.27. The third-order valence-electron chi connectivity index (χ3n) is 1.84. The molecule has 82 valence electrons. The minimum atomic E-state index is -0.453. The van der Waals surface area contributed by atoms with Crippen LogP contribution in [-0.2, 0) is 4.79 Å². The number of likely N-dealkylation sites (N-methyl/N-ethyl adjacent to an activating group) is 1. The van der Waals surface area contributed by atoms with E-state index in [0.717, 1.165) is 0 Å². The number of hydrogen-bond donors (Lipinski definition) is 2. The highest BCUT2D eigenvalue weighted by atomic mass is 35.5. The van der Waals surface area contributed by atoms with Crippen molar-refractivity contribution in [3.63, 3.8) is 0 Å². The zero-order chi connectivity index (χ0) is 11.4. The maximum absolute atomic E-state index is 10.8. The summed E-state index contributed by atoms with van der Waals surface area (Å²) in [6.45, 7) is 2.47. The highest BCUT2D eigenvalue weighted by Gasteiger charge is 2.14. The summed E-state index contributed by atoms with van der Waals surface area (Å²) in [6, 6.07) is 0. The number of halogens is 1. The topological polar surface area (TPSA) is 98.1 Å². The summed E-state index contributed by atoms with van der Waals surface area (Å²) in [4.78, 5) is 20.1. The molecule has 4 N–H and O–H groups in total. The fourth-order valence-corrected chi connectivity index (χ4v) is 1.27. The van der Waals surface area contributed by atoms with Gasteiger partial charge in [0.1, 0.15) is 12.0 Å². The minimum absolute atomic E-state index is 0.0496. The van der Waals surface area contributed by atoms with E-state index in [2.05, 4.69) is 9.97 Å². The third kappa shape index (κ3) is 2.69. The van der Waals surface area contributed by atoms with Crippen LogP contribution in [0.25, 0.3) is 0 Å². The molecule has 0 saturated carbocycles. The maximum atomic E-state index is 10.8. The number of nitrogens with zero attached hydrogens (tertiary/aromatic N) is 3.